The zero-order valence-electron chi connectivity index (χ0n) is 21.0. The van der Waals surface area contributed by atoms with E-state index in [1.807, 2.05) is 31.2 Å². The summed E-state index contributed by atoms with van der Waals surface area (Å²) in [6, 6.07) is 12.7. The van der Waals surface area contributed by atoms with Crippen molar-refractivity contribution in [2.24, 2.45) is 23.2 Å². The van der Waals surface area contributed by atoms with Gasteiger partial charge in [-0.05, 0) is 98.9 Å². The van der Waals surface area contributed by atoms with E-state index in [9.17, 15) is 4.79 Å². The molecule has 4 bridgehead atoms. The van der Waals surface area contributed by atoms with Crippen LogP contribution in [-0.2, 0) is 11.2 Å². The van der Waals surface area contributed by atoms with Crippen molar-refractivity contribution in [3.63, 3.8) is 0 Å². The van der Waals surface area contributed by atoms with Crippen LogP contribution in [0.15, 0.2) is 36.4 Å². The van der Waals surface area contributed by atoms with E-state index in [0.29, 0.717) is 28.7 Å². The number of ether oxygens (including phenoxy) is 1. The molecule has 4 fully saturated rings. The Bertz CT molecular complexity index is 1010. The smallest absolute Gasteiger partial charge is 0.341 e. The first-order chi connectivity index (χ1) is 17.0. The second-order valence-corrected chi connectivity index (χ2v) is 12.6. The maximum atomic E-state index is 12.7. The highest BCUT2D eigenvalue weighted by atomic mass is 32.1. The summed E-state index contributed by atoms with van der Waals surface area (Å²) in [7, 11) is 0. The number of carbonyl (C=O) groups is 1. The molecule has 0 saturated heterocycles. The monoisotopic (exact) mass is 510 g/mol. The number of benzene rings is 1. The van der Waals surface area contributed by atoms with Gasteiger partial charge in [-0.3, -0.25) is 0 Å². The van der Waals surface area contributed by atoms with Crippen molar-refractivity contribution in [3.8, 4) is 0 Å². The van der Waals surface area contributed by atoms with Crippen molar-refractivity contribution in [2.75, 3.05) is 11.9 Å². The molecule has 4 nitrogen and oxygen atoms in total. The third kappa shape index (κ3) is 5.43. The van der Waals surface area contributed by atoms with Crippen LogP contribution in [0.4, 0.5) is 5.00 Å². The summed E-state index contributed by atoms with van der Waals surface area (Å²) >= 11 is 7.46. The first kappa shape index (κ1) is 24.8. The van der Waals surface area contributed by atoms with Crippen molar-refractivity contribution < 1.29 is 9.53 Å². The number of esters is 1. The Morgan fingerprint density at radius 3 is 2.37 bits per heavy atom. The largest absolute Gasteiger partial charge is 0.462 e. The lowest BCUT2D eigenvalue weighted by molar-refractivity contribution is -0.0718. The van der Waals surface area contributed by atoms with E-state index in [-0.39, 0.29) is 5.97 Å². The first-order valence-corrected chi connectivity index (χ1v) is 14.6. The summed E-state index contributed by atoms with van der Waals surface area (Å²) in [5, 5.41) is 8.59. The summed E-state index contributed by atoms with van der Waals surface area (Å²) < 4.78 is 5.36. The highest BCUT2D eigenvalue weighted by Crippen LogP contribution is 2.61. The summed E-state index contributed by atoms with van der Waals surface area (Å²) in [5.41, 5.74) is 2.18. The average molecular weight is 511 g/mol. The van der Waals surface area contributed by atoms with E-state index in [0.717, 1.165) is 46.9 Å². The van der Waals surface area contributed by atoms with Crippen LogP contribution >= 0.6 is 23.6 Å². The number of thiophene rings is 1. The quantitative estimate of drug-likeness (QED) is 0.276. The highest BCUT2D eigenvalue weighted by molar-refractivity contribution is 7.80. The zero-order chi connectivity index (χ0) is 24.4. The van der Waals surface area contributed by atoms with Gasteiger partial charge in [0.1, 0.15) is 5.00 Å². The van der Waals surface area contributed by atoms with Crippen LogP contribution in [0.1, 0.15) is 86.0 Å². The topological polar surface area (TPSA) is 50.4 Å². The summed E-state index contributed by atoms with van der Waals surface area (Å²) in [6.07, 6.45) is 11.5. The van der Waals surface area contributed by atoms with Gasteiger partial charge < -0.3 is 15.4 Å². The Hall–Kier alpha value is -1.92. The molecule has 35 heavy (non-hydrogen) atoms. The molecule has 4 aliphatic rings. The van der Waals surface area contributed by atoms with E-state index in [1.165, 1.54) is 44.1 Å². The third-order valence-corrected chi connectivity index (χ3v) is 9.70. The number of hydrogen-bond donors (Lipinski definition) is 2. The van der Waals surface area contributed by atoms with E-state index in [1.54, 1.807) is 11.3 Å². The van der Waals surface area contributed by atoms with Crippen molar-refractivity contribution >= 4 is 39.6 Å². The number of anilines is 1. The molecule has 0 amide bonds. The molecule has 6 rings (SSSR count). The predicted molar refractivity (Wildman–Crippen MR) is 148 cm³/mol. The molecule has 4 aliphatic carbocycles. The van der Waals surface area contributed by atoms with E-state index >= 15 is 0 Å². The fourth-order valence-electron chi connectivity index (χ4n) is 7.50. The number of nitrogens with one attached hydrogen (secondary N) is 2. The molecule has 1 unspecified atom stereocenters. The normalized spacial score (nSPS) is 27.4. The van der Waals surface area contributed by atoms with Gasteiger partial charge in [0.25, 0.3) is 0 Å². The number of thiocarbonyl (C=S) groups is 1. The van der Waals surface area contributed by atoms with Crippen LogP contribution < -0.4 is 10.6 Å². The molecule has 2 aromatic rings. The number of carbonyl (C=O) groups excluding carboxylic acids is 1. The van der Waals surface area contributed by atoms with Crippen LogP contribution in [0.5, 0.6) is 0 Å². The number of rotatable bonds is 9. The van der Waals surface area contributed by atoms with Gasteiger partial charge in [-0.1, -0.05) is 43.7 Å². The Labute approximate surface area is 219 Å². The molecule has 2 N–H and O–H groups in total. The molecule has 1 atom stereocenters. The van der Waals surface area contributed by atoms with Crippen LogP contribution in [0.2, 0.25) is 0 Å². The van der Waals surface area contributed by atoms with Gasteiger partial charge >= 0.3 is 5.97 Å². The Balaban J connectivity index is 1.32. The molecule has 0 spiro atoms. The van der Waals surface area contributed by atoms with Gasteiger partial charge in [0, 0.05) is 17.3 Å². The SMILES string of the molecule is CCCC(NC(=S)Nc1sc(Cc2ccccc2)cc1C(=O)OCC)C12CC3CC(CC(C3)C1)C2. The number of hydrogen-bond acceptors (Lipinski definition) is 4. The predicted octanol–water partition coefficient (Wildman–Crippen LogP) is 7.19. The lowest BCUT2D eigenvalue weighted by Gasteiger charge is -2.59. The van der Waals surface area contributed by atoms with E-state index in [2.05, 4.69) is 29.7 Å². The lowest BCUT2D eigenvalue weighted by atomic mass is 9.47. The molecule has 1 aromatic carbocycles. The Morgan fingerprint density at radius 2 is 1.77 bits per heavy atom. The average Bonchev–Trinajstić information content (AvgIpc) is 3.20. The van der Waals surface area contributed by atoms with Gasteiger partial charge in [-0.15, -0.1) is 11.3 Å². The van der Waals surface area contributed by atoms with Crippen molar-refractivity contribution in [1.29, 1.82) is 0 Å². The van der Waals surface area contributed by atoms with Crippen molar-refractivity contribution in [1.82, 2.24) is 5.32 Å². The summed E-state index contributed by atoms with van der Waals surface area (Å²) in [4.78, 5) is 13.9. The van der Waals surface area contributed by atoms with Crippen LogP contribution in [0.25, 0.3) is 0 Å². The molecule has 1 aromatic heterocycles. The maximum Gasteiger partial charge on any atom is 0.341 e. The minimum absolute atomic E-state index is 0.292. The van der Waals surface area contributed by atoms with Gasteiger partial charge in [-0.25, -0.2) is 4.79 Å². The lowest BCUT2D eigenvalue weighted by Crippen LogP contribution is -2.57. The standard InChI is InChI=1S/C29H38N2O2S2/c1-3-8-25(29-16-20-11-21(17-29)13-22(12-20)18-29)30-28(34)31-26-24(27(32)33-4-2)15-23(35-26)14-19-9-6-5-7-10-19/h5-7,9-10,15,20-22,25H,3-4,8,11-14,16-18H2,1-2H3,(H2,30,31,34). The highest BCUT2D eigenvalue weighted by Gasteiger charge is 2.54. The summed E-state index contributed by atoms with van der Waals surface area (Å²) in [5.74, 6) is 2.45. The molecular weight excluding hydrogens is 472 g/mol. The summed E-state index contributed by atoms with van der Waals surface area (Å²) in [6.45, 7) is 4.48. The fraction of sp³-hybridized carbons (Fsp3) is 0.586. The van der Waals surface area contributed by atoms with Gasteiger partial charge in [-0.2, -0.15) is 0 Å². The Kier molecular flexibility index (Phi) is 7.50. The van der Waals surface area contributed by atoms with Crippen LogP contribution in [-0.4, -0.2) is 23.7 Å². The van der Waals surface area contributed by atoms with Crippen LogP contribution in [0, 0.1) is 23.2 Å². The van der Waals surface area contributed by atoms with Crippen LogP contribution in [0.3, 0.4) is 0 Å². The van der Waals surface area contributed by atoms with Crippen molar-refractivity contribution in [2.45, 2.75) is 77.7 Å². The zero-order valence-corrected chi connectivity index (χ0v) is 22.6. The van der Waals surface area contributed by atoms with Gasteiger partial charge in [0.2, 0.25) is 0 Å². The van der Waals surface area contributed by atoms with E-state index in [4.69, 9.17) is 17.0 Å². The molecule has 188 valence electrons. The van der Waals surface area contributed by atoms with Gasteiger partial charge in [0.05, 0.1) is 12.2 Å². The second-order valence-electron chi connectivity index (χ2n) is 11.1. The Morgan fingerprint density at radius 1 is 1.11 bits per heavy atom. The molecule has 0 aliphatic heterocycles. The molecule has 6 heteroatoms. The minimum atomic E-state index is -0.292. The van der Waals surface area contributed by atoms with Crippen molar-refractivity contribution in [3.05, 3.63) is 52.4 Å². The van der Waals surface area contributed by atoms with Gasteiger partial charge in [0.15, 0.2) is 5.11 Å². The fourth-order valence-corrected chi connectivity index (χ4v) is 8.89. The van der Waals surface area contributed by atoms with E-state index < -0.39 is 0 Å². The third-order valence-electron chi connectivity index (χ3n) is 8.43. The first-order valence-electron chi connectivity index (χ1n) is 13.4. The molecule has 0 radical (unpaired) electrons. The molecule has 1 heterocycles. The molecule has 4 saturated carbocycles. The molecular formula is C29H38N2O2S2. The maximum absolute atomic E-state index is 12.7. The second kappa shape index (κ2) is 10.6. The minimum Gasteiger partial charge on any atom is -0.462 e.